The number of para-hydroxylation sites is 1. The number of piperazine rings is 1. The van der Waals surface area contributed by atoms with Gasteiger partial charge in [0.2, 0.25) is 5.43 Å². The number of aromatic nitrogens is 2. The van der Waals surface area contributed by atoms with Crippen molar-refractivity contribution in [2.45, 2.75) is 13.3 Å². The Morgan fingerprint density at radius 2 is 2.04 bits per heavy atom. The van der Waals surface area contributed by atoms with Crippen molar-refractivity contribution in [1.29, 1.82) is 0 Å². The quantitative estimate of drug-likeness (QED) is 0.729. The molecule has 0 unspecified atom stereocenters. The SMILES string of the molecule is Cc1cc(=O)c(C(=O)NCCCN2CCNCC2)nn1-c1ccccc1F. The van der Waals surface area contributed by atoms with E-state index in [0.29, 0.717) is 12.2 Å². The third kappa shape index (κ3) is 4.78. The molecule has 2 aromatic rings. The molecule has 1 saturated heterocycles. The van der Waals surface area contributed by atoms with Crippen LogP contribution < -0.4 is 16.1 Å². The minimum Gasteiger partial charge on any atom is -0.350 e. The van der Waals surface area contributed by atoms with Gasteiger partial charge in [-0.05, 0) is 32.0 Å². The highest BCUT2D eigenvalue weighted by molar-refractivity contribution is 5.92. The number of hydrogen-bond acceptors (Lipinski definition) is 5. The Labute approximate surface area is 157 Å². The van der Waals surface area contributed by atoms with Crippen molar-refractivity contribution >= 4 is 5.91 Å². The first kappa shape index (κ1) is 19.2. The average Bonchev–Trinajstić information content (AvgIpc) is 2.67. The molecule has 27 heavy (non-hydrogen) atoms. The molecule has 0 saturated carbocycles. The molecule has 1 fully saturated rings. The van der Waals surface area contributed by atoms with Gasteiger partial charge in [0.15, 0.2) is 5.69 Å². The van der Waals surface area contributed by atoms with E-state index in [0.717, 1.165) is 39.1 Å². The lowest BCUT2D eigenvalue weighted by atomic mass is 10.2. The third-order valence-corrected chi connectivity index (χ3v) is 4.55. The summed E-state index contributed by atoms with van der Waals surface area (Å²) in [4.78, 5) is 26.9. The maximum absolute atomic E-state index is 14.1. The monoisotopic (exact) mass is 373 g/mol. The first-order valence-electron chi connectivity index (χ1n) is 9.13. The van der Waals surface area contributed by atoms with Gasteiger partial charge < -0.3 is 15.5 Å². The molecule has 3 rings (SSSR count). The van der Waals surface area contributed by atoms with Crippen molar-refractivity contribution in [3.8, 4) is 5.69 Å². The van der Waals surface area contributed by atoms with Crippen LogP contribution in [-0.2, 0) is 0 Å². The minimum absolute atomic E-state index is 0.197. The van der Waals surface area contributed by atoms with Crippen LogP contribution in [0.5, 0.6) is 0 Å². The van der Waals surface area contributed by atoms with Gasteiger partial charge >= 0.3 is 0 Å². The van der Waals surface area contributed by atoms with E-state index in [1.807, 2.05) is 0 Å². The summed E-state index contributed by atoms with van der Waals surface area (Å²) in [5.41, 5.74) is -0.0474. The first-order valence-corrected chi connectivity index (χ1v) is 9.13. The molecule has 0 aliphatic carbocycles. The summed E-state index contributed by atoms with van der Waals surface area (Å²) < 4.78 is 15.3. The van der Waals surface area contributed by atoms with Crippen LogP contribution in [-0.4, -0.2) is 59.9 Å². The van der Waals surface area contributed by atoms with Gasteiger partial charge in [0.1, 0.15) is 11.5 Å². The van der Waals surface area contributed by atoms with Gasteiger partial charge in [0, 0.05) is 44.5 Å². The molecule has 1 aliphatic rings. The molecule has 1 aromatic heterocycles. The van der Waals surface area contributed by atoms with E-state index < -0.39 is 17.2 Å². The maximum Gasteiger partial charge on any atom is 0.275 e. The highest BCUT2D eigenvalue weighted by atomic mass is 19.1. The highest BCUT2D eigenvalue weighted by Crippen LogP contribution is 2.13. The van der Waals surface area contributed by atoms with Gasteiger partial charge in [0.25, 0.3) is 5.91 Å². The Hall–Kier alpha value is -2.58. The smallest absolute Gasteiger partial charge is 0.275 e. The van der Waals surface area contributed by atoms with Crippen molar-refractivity contribution < 1.29 is 9.18 Å². The average molecular weight is 373 g/mol. The highest BCUT2D eigenvalue weighted by Gasteiger charge is 2.16. The van der Waals surface area contributed by atoms with Gasteiger partial charge in [0.05, 0.1) is 0 Å². The Morgan fingerprint density at radius 3 is 2.78 bits per heavy atom. The Kier molecular flexibility index (Phi) is 6.31. The predicted octanol–water partition coefficient (Wildman–Crippen LogP) is 0.705. The molecule has 8 heteroatoms. The van der Waals surface area contributed by atoms with Gasteiger partial charge in [-0.2, -0.15) is 5.10 Å². The number of nitrogens with one attached hydrogen (secondary N) is 2. The lowest BCUT2D eigenvalue weighted by molar-refractivity contribution is 0.0943. The molecule has 2 N–H and O–H groups in total. The van der Waals surface area contributed by atoms with E-state index in [4.69, 9.17) is 0 Å². The molecule has 0 spiro atoms. The fourth-order valence-corrected chi connectivity index (χ4v) is 3.10. The van der Waals surface area contributed by atoms with Crippen molar-refractivity contribution in [1.82, 2.24) is 25.3 Å². The van der Waals surface area contributed by atoms with Crippen LogP contribution in [0.2, 0.25) is 0 Å². The number of hydrogen-bond donors (Lipinski definition) is 2. The third-order valence-electron chi connectivity index (χ3n) is 4.55. The molecule has 144 valence electrons. The number of benzene rings is 1. The van der Waals surface area contributed by atoms with E-state index in [1.54, 1.807) is 25.1 Å². The Morgan fingerprint density at radius 1 is 1.30 bits per heavy atom. The van der Waals surface area contributed by atoms with Crippen LogP contribution in [0, 0.1) is 12.7 Å². The van der Waals surface area contributed by atoms with E-state index in [2.05, 4.69) is 20.6 Å². The molecule has 0 atom stereocenters. The van der Waals surface area contributed by atoms with Crippen LogP contribution in [0.1, 0.15) is 22.6 Å². The lowest BCUT2D eigenvalue weighted by Gasteiger charge is -2.27. The second-order valence-electron chi connectivity index (χ2n) is 6.56. The summed E-state index contributed by atoms with van der Waals surface area (Å²) in [5, 5.41) is 10.1. The zero-order chi connectivity index (χ0) is 19.2. The van der Waals surface area contributed by atoms with Crippen LogP contribution >= 0.6 is 0 Å². The lowest BCUT2D eigenvalue weighted by Crippen LogP contribution is -2.44. The van der Waals surface area contributed by atoms with Crippen LogP contribution in [0.4, 0.5) is 4.39 Å². The molecular weight excluding hydrogens is 349 g/mol. The summed E-state index contributed by atoms with van der Waals surface area (Å²) in [5.74, 6) is -1.01. The topological polar surface area (TPSA) is 79.3 Å². The van der Waals surface area contributed by atoms with Gasteiger partial charge in [-0.15, -0.1) is 0 Å². The summed E-state index contributed by atoms with van der Waals surface area (Å²) in [6.07, 6.45) is 0.791. The van der Waals surface area contributed by atoms with Crippen molar-refractivity contribution in [3.63, 3.8) is 0 Å². The van der Waals surface area contributed by atoms with Gasteiger partial charge in [-0.3, -0.25) is 9.59 Å². The standard InChI is InChI=1S/C19H24FN5O2/c1-14-13-17(26)18(23-25(14)16-6-3-2-5-15(16)20)19(27)22-7-4-10-24-11-8-21-9-12-24/h2-3,5-6,13,21H,4,7-12H2,1H3,(H,22,27). The summed E-state index contributed by atoms with van der Waals surface area (Å²) in [6.45, 7) is 6.96. The van der Waals surface area contributed by atoms with E-state index in [9.17, 15) is 14.0 Å². The first-order chi connectivity index (χ1) is 13.1. The van der Waals surface area contributed by atoms with Crippen LogP contribution in [0.3, 0.4) is 0 Å². The second-order valence-corrected chi connectivity index (χ2v) is 6.56. The summed E-state index contributed by atoms with van der Waals surface area (Å²) in [6, 6.07) is 7.41. The van der Waals surface area contributed by atoms with E-state index >= 15 is 0 Å². The fraction of sp³-hybridized carbons (Fsp3) is 0.421. The maximum atomic E-state index is 14.1. The fourth-order valence-electron chi connectivity index (χ4n) is 3.10. The second kappa shape index (κ2) is 8.88. The number of rotatable bonds is 6. The Balaban J connectivity index is 1.66. The number of halogens is 1. The van der Waals surface area contributed by atoms with E-state index in [1.165, 1.54) is 16.8 Å². The van der Waals surface area contributed by atoms with Crippen LogP contribution in [0.15, 0.2) is 35.1 Å². The Bertz CT molecular complexity index is 861. The largest absolute Gasteiger partial charge is 0.350 e. The molecule has 7 nitrogen and oxygen atoms in total. The normalized spacial score (nSPS) is 14.9. The number of amides is 1. The molecule has 0 radical (unpaired) electrons. The molecule has 1 aromatic carbocycles. The molecule has 1 aliphatic heterocycles. The zero-order valence-electron chi connectivity index (χ0n) is 15.4. The van der Waals surface area contributed by atoms with Crippen molar-refractivity contribution in [3.05, 3.63) is 57.8 Å². The molecular formula is C19H24FN5O2. The molecule has 2 heterocycles. The zero-order valence-corrected chi connectivity index (χ0v) is 15.4. The summed E-state index contributed by atoms with van der Waals surface area (Å²) in [7, 11) is 0. The van der Waals surface area contributed by atoms with Gasteiger partial charge in [-0.25, -0.2) is 9.07 Å². The predicted molar refractivity (Wildman–Crippen MR) is 101 cm³/mol. The number of carbonyl (C=O) groups is 1. The molecule has 1 amide bonds. The summed E-state index contributed by atoms with van der Waals surface area (Å²) >= 11 is 0. The van der Waals surface area contributed by atoms with Gasteiger partial charge in [-0.1, -0.05) is 12.1 Å². The number of carbonyl (C=O) groups excluding carboxylic acids is 1. The van der Waals surface area contributed by atoms with Crippen LogP contribution in [0.25, 0.3) is 5.69 Å². The number of nitrogens with zero attached hydrogens (tertiary/aromatic N) is 3. The molecule has 0 bridgehead atoms. The van der Waals surface area contributed by atoms with Crippen molar-refractivity contribution in [2.75, 3.05) is 39.3 Å². The van der Waals surface area contributed by atoms with E-state index in [-0.39, 0.29) is 11.4 Å². The van der Waals surface area contributed by atoms with Crippen molar-refractivity contribution in [2.24, 2.45) is 0 Å². The minimum atomic E-state index is -0.537. The number of aryl methyl sites for hydroxylation is 1.